The molecule has 0 amide bonds. The first-order valence-corrected chi connectivity index (χ1v) is 6.48. The lowest BCUT2D eigenvalue weighted by Crippen LogP contribution is -1.98. The number of hydrogen-bond donors (Lipinski definition) is 0. The van der Waals surface area contributed by atoms with Gasteiger partial charge in [0.2, 0.25) is 0 Å². The van der Waals surface area contributed by atoms with Crippen molar-refractivity contribution in [1.82, 2.24) is 4.98 Å². The first-order chi connectivity index (χ1) is 8.58. The second kappa shape index (κ2) is 5.05. The van der Waals surface area contributed by atoms with Gasteiger partial charge in [-0.3, -0.25) is 4.98 Å². The summed E-state index contributed by atoms with van der Waals surface area (Å²) in [5, 5.41) is 0. The van der Waals surface area contributed by atoms with Crippen LogP contribution in [0.3, 0.4) is 0 Å². The molecule has 0 saturated heterocycles. The summed E-state index contributed by atoms with van der Waals surface area (Å²) < 4.78 is 39.7. The number of aromatic nitrogens is 1. The average molecular weight is 264 g/mol. The zero-order valence-electron chi connectivity index (χ0n) is 9.19. The van der Waals surface area contributed by atoms with Crippen LogP contribution in [0.2, 0.25) is 0 Å². The van der Waals surface area contributed by atoms with Crippen LogP contribution in [0, 0.1) is 5.82 Å². The van der Waals surface area contributed by atoms with Gasteiger partial charge in [-0.05, 0) is 30.3 Å². The van der Waals surface area contributed by atoms with Gasteiger partial charge in [0, 0.05) is 24.2 Å². The van der Waals surface area contributed by atoms with E-state index < -0.39 is 15.8 Å². The minimum atomic E-state index is -3.80. The highest BCUT2D eigenvalue weighted by Gasteiger charge is 2.11. The van der Waals surface area contributed by atoms with Crippen LogP contribution in [0.25, 0.3) is 0 Å². The molecule has 0 aliphatic rings. The van der Waals surface area contributed by atoms with Gasteiger partial charge in [0.05, 0.1) is 4.90 Å². The molecule has 0 N–H and O–H groups in total. The monoisotopic (exact) mass is 264 g/mol. The van der Waals surface area contributed by atoms with Crippen LogP contribution in [0.1, 0.15) is 5.56 Å². The van der Waals surface area contributed by atoms with E-state index >= 15 is 0 Å². The Morgan fingerprint density at radius 2 is 1.89 bits per heavy atom. The molecule has 1 aromatic heterocycles. The van der Waals surface area contributed by atoms with Crippen molar-refractivity contribution in [2.45, 2.75) is 4.90 Å². The van der Waals surface area contributed by atoms with Crippen molar-refractivity contribution in [3.05, 3.63) is 60.2 Å². The van der Waals surface area contributed by atoms with Gasteiger partial charge < -0.3 is 0 Å². The van der Waals surface area contributed by atoms with Crippen LogP contribution in [-0.2, 0) is 10.0 Å². The maximum Gasteiger partial charge on any atom is 0.282 e. The summed E-state index contributed by atoms with van der Waals surface area (Å²) in [7, 11) is -3.80. The van der Waals surface area contributed by atoms with Gasteiger partial charge in [-0.2, -0.15) is 12.8 Å². The molecule has 0 fully saturated rings. The lowest BCUT2D eigenvalue weighted by molar-refractivity contribution is 0.597. The molecule has 1 aromatic carbocycles. The van der Waals surface area contributed by atoms with Crippen LogP contribution in [-0.4, -0.2) is 19.6 Å². The van der Waals surface area contributed by atoms with E-state index in [0.29, 0.717) is 5.56 Å². The van der Waals surface area contributed by atoms with E-state index in [1.165, 1.54) is 24.5 Å². The zero-order chi connectivity index (χ0) is 13.0. The quantitative estimate of drug-likeness (QED) is 0.797. The Bertz CT molecular complexity index is 652. The summed E-state index contributed by atoms with van der Waals surface area (Å²) >= 11 is 0. The van der Waals surface area contributed by atoms with E-state index in [2.05, 4.69) is 9.38 Å². The van der Waals surface area contributed by atoms with Gasteiger partial charge in [-0.15, -0.1) is 0 Å². The molecular formula is C12H9FN2O2S. The standard InChI is InChI=1S/C12H9FN2O2S/c13-11-3-5-12(6-4-11)18(16,17)15-9-10-2-1-7-14-8-10/h1-9H/b15-9+. The van der Waals surface area contributed by atoms with Gasteiger partial charge in [0.15, 0.2) is 0 Å². The second-order valence-corrected chi connectivity index (χ2v) is 5.08. The Kier molecular flexibility index (Phi) is 3.47. The van der Waals surface area contributed by atoms with Gasteiger partial charge in [0.1, 0.15) is 5.82 Å². The summed E-state index contributed by atoms with van der Waals surface area (Å²) in [4.78, 5) is 3.78. The van der Waals surface area contributed by atoms with Crippen molar-refractivity contribution >= 4 is 16.2 Å². The number of benzene rings is 1. The third-order valence-corrected chi connectivity index (χ3v) is 3.39. The molecule has 0 saturated carbocycles. The molecule has 4 nitrogen and oxygen atoms in total. The minimum absolute atomic E-state index is 0.0518. The molecule has 2 rings (SSSR count). The van der Waals surface area contributed by atoms with E-state index in [1.807, 2.05) is 0 Å². The Balaban J connectivity index is 2.28. The lowest BCUT2D eigenvalue weighted by Gasteiger charge is -1.97. The normalized spacial score (nSPS) is 11.8. The maximum absolute atomic E-state index is 12.7. The van der Waals surface area contributed by atoms with Crippen LogP contribution >= 0.6 is 0 Å². The molecule has 92 valence electrons. The van der Waals surface area contributed by atoms with E-state index in [9.17, 15) is 12.8 Å². The van der Waals surface area contributed by atoms with Gasteiger partial charge in [-0.1, -0.05) is 6.07 Å². The maximum atomic E-state index is 12.7. The third-order valence-electron chi connectivity index (χ3n) is 2.14. The van der Waals surface area contributed by atoms with E-state index in [1.54, 1.807) is 18.3 Å². The number of hydrogen-bond acceptors (Lipinski definition) is 3. The van der Waals surface area contributed by atoms with E-state index in [-0.39, 0.29) is 4.90 Å². The average Bonchev–Trinajstić information content (AvgIpc) is 2.38. The molecule has 0 bridgehead atoms. The molecule has 0 radical (unpaired) electrons. The highest BCUT2D eigenvalue weighted by molar-refractivity contribution is 7.90. The van der Waals surface area contributed by atoms with Crippen molar-refractivity contribution < 1.29 is 12.8 Å². The Hall–Kier alpha value is -2.08. The molecule has 0 spiro atoms. The highest BCUT2D eigenvalue weighted by atomic mass is 32.2. The molecular weight excluding hydrogens is 255 g/mol. The predicted octanol–water partition coefficient (Wildman–Crippen LogP) is 2.03. The number of pyridine rings is 1. The van der Waals surface area contributed by atoms with Crippen molar-refractivity contribution in [3.8, 4) is 0 Å². The number of halogens is 1. The second-order valence-electron chi connectivity index (χ2n) is 3.45. The number of sulfonamides is 1. The largest absolute Gasteiger partial charge is 0.282 e. The molecule has 0 aliphatic carbocycles. The molecule has 0 aliphatic heterocycles. The van der Waals surface area contributed by atoms with Gasteiger partial charge in [0.25, 0.3) is 10.0 Å². The van der Waals surface area contributed by atoms with Crippen molar-refractivity contribution in [3.63, 3.8) is 0 Å². The van der Waals surface area contributed by atoms with Crippen LogP contribution in [0.15, 0.2) is 58.1 Å². The number of rotatable bonds is 3. The first kappa shape index (κ1) is 12.4. The Morgan fingerprint density at radius 1 is 1.17 bits per heavy atom. The molecule has 2 aromatic rings. The summed E-state index contributed by atoms with van der Waals surface area (Å²) in [5.74, 6) is -0.495. The van der Waals surface area contributed by atoms with Crippen molar-refractivity contribution in [2.75, 3.05) is 0 Å². The van der Waals surface area contributed by atoms with Gasteiger partial charge in [-0.25, -0.2) is 4.39 Å². The van der Waals surface area contributed by atoms with Crippen molar-refractivity contribution in [2.24, 2.45) is 4.40 Å². The number of nitrogens with zero attached hydrogens (tertiary/aromatic N) is 2. The van der Waals surface area contributed by atoms with E-state index in [4.69, 9.17) is 0 Å². The smallest absolute Gasteiger partial charge is 0.264 e. The third kappa shape index (κ3) is 2.98. The molecule has 0 atom stereocenters. The SMILES string of the molecule is O=S(=O)(/N=C/c1cccnc1)c1ccc(F)cc1. The fourth-order valence-electron chi connectivity index (χ4n) is 1.25. The molecule has 18 heavy (non-hydrogen) atoms. The zero-order valence-corrected chi connectivity index (χ0v) is 10.0. The highest BCUT2D eigenvalue weighted by Crippen LogP contribution is 2.12. The molecule has 0 unspecified atom stereocenters. The first-order valence-electron chi connectivity index (χ1n) is 5.04. The lowest BCUT2D eigenvalue weighted by atomic mass is 10.3. The van der Waals surface area contributed by atoms with E-state index in [0.717, 1.165) is 12.1 Å². The summed E-state index contributed by atoms with van der Waals surface area (Å²) in [6, 6.07) is 7.85. The topological polar surface area (TPSA) is 59.4 Å². The Labute approximate surface area is 104 Å². The van der Waals surface area contributed by atoms with Crippen molar-refractivity contribution in [1.29, 1.82) is 0 Å². The fraction of sp³-hybridized carbons (Fsp3) is 0. The summed E-state index contributed by atoms with van der Waals surface area (Å²) in [5.41, 5.74) is 0.572. The predicted molar refractivity (Wildman–Crippen MR) is 65.4 cm³/mol. The van der Waals surface area contributed by atoms with Crippen LogP contribution < -0.4 is 0 Å². The summed E-state index contributed by atoms with van der Waals surface area (Å²) in [6.07, 6.45) is 4.27. The minimum Gasteiger partial charge on any atom is -0.264 e. The molecule has 6 heteroatoms. The Morgan fingerprint density at radius 3 is 2.50 bits per heavy atom. The van der Waals surface area contributed by atoms with Crippen LogP contribution in [0.4, 0.5) is 4.39 Å². The van der Waals surface area contributed by atoms with Crippen LogP contribution in [0.5, 0.6) is 0 Å². The van der Waals surface area contributed by atoms with Gasteiger partial charge >= 0.3 is 0 Å². The fourth-order valence-corrected chi connectivity index (χ4v) is 2.11. The summed E-state index contributed by atoms with van der Waals surface area (Å²) in [6.45, 7) is 0. The molecule has 1 heterocycles.